The van der Waals surface area contributed by atoms with Crippen molar-refractivity contribution < 1.29 is 9.53 Å². The van der Waals surface area contributed by atoms with Crippen molar-refractivity contribution in [3.05, 3.63) is 0 Å². The zero-order valence-corrected chi connectivity index (χ0v) is 13.6. The van der Waals surface area contributed by atoms with Crippen molar-refractivity contribution in [3.8, 4) is 0 Å². The number of piperidine rings is 1. The highest BCUT2D eigenvalue weighted by Crippen LogP contribution is 2.23. The molecule has 1 heterocycles. The van der Waals surface area contributed by atoms with E-state index < -0.39 is 0 Å². The maximum atomic E-state index is 12.0. The number of esters is 1. The third-order valence-electron chi connectivity index (χ3n) is 4.43. The van der Waals surface area contributed by atoms with E-state index in [9.17, 15) is 4.79 Å². The molecule has 0 aromatic rings. The van der Waals surface area contributed by atoms with Gasteiger partial charge in [-0.1, -0.05) is 33.1 Å². The van der Waals surface area contributed by atoms with Gasteiger partial charge in [0.05, 0.1) is 6.10 Å². The van der Waals surface area contributed by atoms with Crippen LogP contribution in [0.4, 0.5) is 0 Å². The lowest BCUT2D eigenvalue weighted by atomic mass is 9.85. The summed E-state index contributed by atoms with van der Waals surface area (Å²) in [5, 5.41) is 3.42. The van der Waals surface area contributed by atoms with E-state index in [1.54, 1.807) is 0 Å². The number of unbranched alkanes of at least 4 members (excludes halogenated alkanes) is 3. The molecule has 3 unspecified atom stereocenters. The molecule has 0 bridgehead atoms. The van der Waals surface area contributed by atoms with Crippen molar-refractivity contribution in [1.29, 1.82) is 0 Å². The molecule has 0 aromatic heterocycles. The predicted octanol–water partition coefficient (Wildman–Crippen LogP) is 3.91. The summed E-state index contributed by atoms with van der Waals surface area (Å²) in [6.07, 6.45) is 9.10. The topological polar surface area (TPSA) is 38.3 Å². The van der Waals surface area contributed by atoms with E-state index in [2.05, 4.69) is 19.2 Å². The molecular weight excluding hydrogens is 250 g/mol. The molecule has 1 N–H and O–H groups in total. The van der Waals surface area contributed by atoms with Crippen LogP contribution < -0.4 is 5.32 Å². The Morgan fingerprint density at radius 1 is 1.30 bits per heavy atom. The van der Waals surface area contributed by atoms with Gasteiger partial charge in [-0.15, -0.1) is 0 Å². The lowest BCUT2D eigenvalue weighted by Gasteiger charge is -2.28. The normalized spacial score (nSPS) is 22.2. The van der Waals surface area contributed by atoms with Gasteiger partial charge in [0.2, 0.25) is 0 Å². The summed E-state index contributed by atoms with van der Waals surface area (Å²) in [5.41, 5.74) is 0. The molecule has 1 rings (SSSR count). The number of ether oxygens (including phenoxy) is 1. The van der Waals surface area contributed by atoms with Gasteiger partial charge in [0.25, 0.3) is 0 Å². The minimum Gasteiger partial charge on any atom is -0.463 e. The maximum Gasteiger partial charge on any atom is 0.306 e. The average Bonchev–Trinajstić information content (AvgIpc) is 2.44. The minimum absolute atomic E-state index is 0.00827. The third kappa shape index (κ3) is 7.28. The summed E-state index contributed by atoms with van der Waals surface area (Å²) in [6.45, 7) is 8.61. The van der Waals surface area contributed by atoms with Crippen molar-refractivity contribution in [1.82, 2.24) is 5.32 Å². The van der Waals surface area contributed by atoms with Gasteiger partial charge in [0.15, 0.2) is 0 Å². The number of rotatable bonds is 9. The quantitative estimate of drug-likeness (QED) is 0.515. The summed E-state index contributed by atoms with van der Waals surface area (Å²) >= 11 is 0. The molecule has 0 amide bonds. The third-order valence-corrected chi connectivity index (χ3v) is 4.43. The minimum atomic E-state index is -0.00827. The Balaban J connectivity index is 2.14. The van der Waals surface area contributed by atoms with Crippen LogP contribution in [0.15, 0.2) is 0 Å². The Morgan fingerprint density at radius 2 is 2.10 bits per heavy atom. The molecule has 1 aliphatic rings. The van der Waals surface area contributed by atoms with Gasteiger partial charge in [-0.25, -0.2) is 0 Å². The fourth-order valence-corrected chi connectivity index (χ4v) is 2.98. The van der Waals surface area contributed by atoms with Crippen LogP contribution in [0.2, 0.25) is 0 Å². The Labute approximate surface area is 124 Å². The lowest BCUT2D eigenvalue weighted by molar-refractivity contribution is -0.150. The maximum absolute atomic E-state index is 12.0. The first-order valence-electron chi connectivity index (χ1n) is 8.53. The van der Waals surface area contributed by atoms with Crippen LogP contribution >= 0.6 is 0 Å². The predicted molar refractivity (Wildman–Crippen MR) is 83.7 cm³/mol. The first-order valence-corrected chi connectivity index (χ1v) is 8.53. The molecule has 3 atom stereocenters. The van der Waals surface area contributed by atoms with E-state index in [-0.39, 0.29) is 12.1 Å². The van der Waals surface area contributed by atoms with Gasteiger partial charge in [-0.3, -0.25) is 4.79 Å². The molecule has 0 aliphatic carbocycles. The molecule has 0 radical (unpaired) electrons. The smallest absolute Gasteiger partial charge is 0.306 e. The van der Waals surface area contributed by atoms with Crippen molar-refractivity contribution in [3.63, 3.8) is 0 Å². The van der Waals surface area contributed by atoms with Crippen molar-refractivity contribution >= 4 is 5.97 Å². The molecular formula is C17H33NO2. The van der Waals surface area contributed by atoms with Crippen LogP contribution in [0.5, 0.6) is 0 Å². The van der Waals surface area contributed by atoms with E-state index in [0.29, 0.717) is 18.3 Å². The second-order valence-electron chi connectivity index (χ2n) is 6.44. The number of hydrogen-bond acceptors (Lipinski definition) is 3. The first kappa shape index (κ1) is 17.5. The van der Waals surface area contributed by atoms with Crippen molar-refractivity contribution in [2.45, 2.75) is 78.2 Å². The highest BCUT2D eigenvalue weighted by Gasteiger charge is 2.23. The van der Waals surface area contributed by atoms with E-state index in [1.807, 2.05) is 6.92 Å². The van der Waals surface area contributed by atoms with E-state index in [4.69, 9.17) is 4.74 Å². The van der Waals surface area contributed by atoms with Gasteiger partial charge >= 0.3 is 5.97 Å². The first-order chi connectivity index (χ1) is 9.63. The fourth-order valence-electron chi connectivity index (χ4n) is 2.98. The molecule has 3 heteroatoms. The Bertz CT molecular complexity index is 262. The van der Waals surface area contributed by atoms with E-state index >= 15 is 0 Å². The molecule has 1 aliphatic heterocycles. The number of carbonyl (C=O) groups excluding carboxylic acids is 1. The van der Waals surface area contributed by atoms with Gasteiger partial charge < -0.3 is 10.1 Å². The van der Waals surface area contributed by atoms with Gasteiger partial charge in [-0.05, 0) is 57.5 Å². The number of hydrogen-bond donors (Lipinski definition) is 1. The molecule has 3 nitrogen and oxygen atoms in total. The summed E-state index contributed by atoms with van der Waals surface area (Å²) in [6, 6.07) is 0. The van der Waals surface area contributed by atoms with Crippen LogP contribution in [-0.4, -0.2) is 25.2 Å². The molecule has 1 saturated heterocycles. The lowest BCUT2D eigenvalue weighted by Crippen LogP contribution is -2.34. The van der Waals surface area contributed by atoms with Crippen molar-refractivity contribution in [2.24, 2.45) is 11.8 Å². The van der Waals surface area contributed by atoms with Gasteiger partial charge in [0, 0.05) is 6.42 Å². The molecule has 0 aromatic carbocycles. The standard InChI is InChI=1S/C17H33NO2/c1-4-5-6-7-9-15(3)20-17(19)12-14(2)16-10-8-11-18-13-16/h14-16,18H,4-13H2,1-3H3. The SMILES string of the molecule is CCCCCCC(C)OC(=O)CC(C)C1CCCNC1. The van der Waals surface area contributed by atoms with E-state index in [1.165, 1.54) is 38.5 Å². The number of carbonyl (C=O) groups is 1. The Kier molecular flexibility index (Phi) is 8.92. The van der Waals surface area contributed by atoms with Crippen LogP contribution in [0.25, 0.3) is 0 Å². The molecule has 0 spiro atoms. The van der Waals surface area contributed by atoms with Gasteiger partial charge in [-0.2, -0.15) is 0 Å². The largest absolute Gasteiger partial charge is 0.463 e. The van der Waals surface area contributed by atoms with Crippen LogP contribution in [0, 0.1) is 11.8 Å². The Hall–Kier alpha value is -0.570. The highest BCUT2D eigenvalue weighted by atomic mass is 16.5. The Morgan fingerprint density at radius 3 is 2.75 bits per heavy atom. The van der Waals surface area contributed by atoms with Gasteiger partial charge in [0.1, 0.15) is 0 Å². The highest BCUT2D eigenvalue weighted by molar-refractivity contribution is 5.69. The molecule has 1 fully saturated rings. The summed E-state index contributed by atoms with van der Waals surface area (Å²) in [5.74, 6) is 1.06. The zero-order chi connectivity index (χ0) is 14.8. The summed E-state index contributed by atoms with van der Waals surface area (Å²) in [7, 11) is 0. The molecule has 0 saturated carbocycles. The van der Waals surface area contributed by atoms with E-state index in [0.717, 1.165) is 19.5 Å². The number of nitrogens with one attached hydrogen (secondary N) is 1. The average molecular weight is 283 g/mol. The second-order valence-corrected chi connectivity index (χ2v) is 6.44. The summed E-state index contributed by atoms with van der Waals surface area (Å²) < 4.78 is 5.53. The second kappa shape index (κ2) is 10.2. The van der Waals surface area contributed by atoms with Crippen molar-refractivity contribution in [2.75, 3.05) is 13.1 Å². The molecule has 20 heavy (non-hydrogen) atoms. The van der Waals surface area contributed by atoms with Crippen LogP contribution in [-0.2, 0) is 9.53 Å². The summed E-state index contributed by atoms with van der Waals surface area (Å²) in [4.78, 5) is 12.0. The van der Waals surface area contributed by atoms with Crippen LogP contribution in [0.1, 0.15) is 72.1 Å². The monoisotopic (exact) mass is 283 g/mol. The molecule has 118 valence electrons. The zero-order valence-electron chi connectivity index (χ0n) is 13.6. The fraction of sp³-hybridized carbons (Fsp3) is 0.941. The van der Waals surface area contributed by atoms with Crippen LogP contribution in [0.3, 0.4) is 0 Å².